The molecule has 1 saturated heterocycles. The lowest BCUT2D eigenvalue weighted by atomic mass is 9.98. The molecule has 1 atom stereocenters. The van der Waals surface area contributed by atoms with E-state index in [4.69, 9.17) is 0 Å². The second kappa shape index (κ2) is 6.31. The first-order chi connectivity index (χ1) is 10.3. The highest BCUT2D eigenvalue weighted by atomic mass is 16.3. The summed E-state index contributed by atoms with van der Waals surface area (Å²) in [5.74, 6) is 1.06. The predicted octanol–water partition coefficient (Wildman–Crippen LogP) is 3.02. The monoisotopic (exact) mass is 285 g/mol. The molecule has 21 heavy (non-hydrogen) atoms. The summed E-state index contributed by atoms with van der Waals surface area (Å²) in [5, 5.41) is 14.9. The van der Waals surface area contributed by atoms with E-state index in [0.29, 0.717) is 6.04 Å². The van der Waals surface area contributed by atoms with E-state index < -0.39 is 0 Å². The van der Waals surface area contributed by atoms with Crippen LogP contribution in [0.1, 0.15) is 25.7 Å². The van der Waals surface area contributed by atoms with Crippen LogP contribution in [-0.4, -0.2) is 36.3 Å². The Hall–Kier alpha value is -1.81. The zero-order valence-corrected chi connectivity index (χ0v) is 12.5. The summed E-state index contributed by atoms with van der Waals surface area (Å²) in [4.78, 5) is 7.03. The standard InChI is InChI=1S/C17H23N3O/c1-18-14-5-6-16-13(12-14)7-9-19-17(16)20-10-3-2-4-15(20)8-11-21/h5-7,9,12,15,18,21H,2-4,8,10-11H2,1H3. The average molecular weight is 285 g/mol. The van der Waals surface area contributed by atoms with E-state index in [1.165, 1.54) is 23.6 Å². The molecule has 3 rings (SSSR count). The molecule has 4 nitrogen and oxygen atoms in total. The number of benzene rings is 1. The van der Waals surface area contributed by atoms with E-state index in [1.54, 1.807) is 0 Å². The molecule has 2 N–H and O–H groups in total. The minimum atomic E-state index is 0.246. The fourth-order valence-electron chi connectivity index (χ4n) is 3.27. The number of hydrogen-bond acceptors (Lipinski definition) is 4. The Morgan fingerprint density at radius 1 is 1.33 bits per heavy atom. The molecule has 112 valence electrons. The van der Waals surface area contributed by atoms with E-state index in [2.05, 4.69) is 39.5 Å². The number of pyridine rings is 1. The third-order valence-electron chi connectivity index (χ3n) is 4.39. The predicted molar refractivity (Wildman–Crippen MR) is 88.0 cm³/mol. The Bertz CT molecular complexity index is 612. The molecule has 2 aromatic rings. The Morgan fingerprint density at radius 3 is 3.05 bits per heavy atom. The number of anilines is 2. The van der Waals surface area contributed by atoms with Gasteiger partial charge in [-0.05, 0) is 55.3 Å². The summed E-state index contributed by atoms with van der Waals surface area (Å²) in [6.45, 7) is 1.28. The fraction of sp³-hybridized carbons (Fsp3) is 0.471. The zero-order chi connectivity index (χ0) is 14.7. The largest absolute Gasteiger partial charge is 0.396 e. The molecule has 1 aliphatic heterocycles. The van der Waals surface area contributed by atoms with Gasteiger partial charge in [0.2, 0.25) is 0 Å². The normalized spacial score (nSPS) is 19.0. The van der Waals surface area contributed by atoms with E-state index in [0.717, 1.165) is 30.9 Å². The second-order valence-corrected chi connectivity index (χ2v) is 5.68. The molecular weight excluding hydrogens is 262 g/mol. The van der Waals surface area contributed by atoms with Crippen LogP contribution in [0.25, 0.3) is 10.8 Å². The van der Waals surface area contributed by atoms with Gasteiger partial charge in [-0.2, -0.15) is 0 Å². The van der Waals surface area contributed by atoms with Gasteiger partial charge in [-0.1, -0.05) is 0 Å². The molecule has 0 bridgehead atoms. The molecule has 0 aliphatic carbocycles. The summed E-state index contributed by atoms with van der Waals surface area (Å²) in [5.41, 5.74) is 1.12. The van der Waals surface area contributed by atoms with Gasteiger partial charge in [0.25, 0.3) is 0 Å². The van der Waals surface area contributed by atoms with Crippen LogP contribution in [0.4, 0.5) is 11.5 Å². The summed E-state index contributed by atoms with van der Waals surface area (Å²) in [6.07, 6.45) is 6.31. The van der Waals surface area contributed by atoms with Gasteiger partial charge < -0.3 is 15.3 Å². The number of nitrogens with zero attached hydrogens (tertiary/aromatic N) is 2. The molecule has 2 heterocycles. The van der Waals surface area contributed by atoms with Crippen molar-refractivity contribution in [2.45, 2.75) is 31.7 Å². The first-order valence-electron chi connectivity index (χ1n) is 7.77. The average Bonchev–Trinajstić information content (AvgIpc) is 2.54. The lowest BCUT2D eigenvalue weighted by Gasteiger charge is -2.37. The lowest BCUT2D eigenvalue weighted by Crippen LogP contribution is -2.40. The second-order valence-electron chi connectivity index (χ2n) is 5.68. The van der Waals surface area contributed by atoms with Gasteiger partial charge in [-0.3, -0.25) is 0 Å². The third-order valence-corrected chi connectivity index (χ3v) is 4.39. The minimum Gasteiger partial charge on any atom is -0.396 e. The van der Waals surface area contributed by atoms with Gasteiger partial charge in [0.1, 0.15) is 5.82 Å². The van der Waals surface area contributed by atoms with E-state index in [-0.39, 0.29) is 6.61 Å². The van der Waals surface area contributed by atoms with Crippen LogP contribution in [0.5, 0.6) is 0 Å². The molecular formula is C17H23N3O. The Labute approximate surface area is 125 Å². The maximum atomic E-state index is 9.31. The first kappa shape index (κ1) is 14.1. The van der Waals surface area contributed by atoms with Gasteiger partial charge in [0.05, 0.1) is 0 Å². The minimum absolute atomic E-state index is 0.246. The van der Waals surface area contributed by atoms with Crippen LogP contribution in [0.15, 0.2) is 30.5 Å². The van der Waals surface area contributed by atoms with Crippen LogP contribution in [0.2, 0.25) is 0 Å². The highest BCUT2D eigenvalue weighted by Crippen LogP contribution is 2.31. The Kier molecular flexibility index (Phi) is 4.25. The van der Waals surface area contributed by atoms with Gasteiger partial charge in [-0.15, -0.1) is 0 Å². The van der Waals surface area contributed by atoms with Crippen molar-refractivity contribution >= 4 is 22.3 Å². The highest BCUT2D eigenvalue weighted by molar-refractivity contribution is 5.94. The highest BCUT2D eigenvalue weighted by Gasteiger charge is 2.24. The molecule has 1 fully saturated rings. The molecule has 1 aromatic heterocycles. The van der Waals surface area contributed by atoms with Gasteiger partial charge in [0, 0.05) is 43.5 Å². The number of fused-ring (bicyclic) bond motifs is 1. The molecule has 4 heteroatoms. The van der Waals surface area contributed by atoms with Crippen molar-refractivity contribution in [2.24, 2.45) is 0 Å². The van der Waals surface area contributed by atoms with Crippen molar-refractivity contribution in [3.8, 4) is 0 Å². The number of piperidine rings is 1. The maximum Gasteiger partial charge on any atom is 0.136 e. The van der Waals surface area contributed by atoms with Crippen molar-refractivity contribution in [1.29, 1.82) is 0 Å². The molecule has 1 unspecified atom stereocenters. The smallest absolute Gasteiger partial charge is 0.136 e. The van der Waals surface area contributed by atoms with Crippen LogP contribution in [-0.2, 0) is 0 Å². The van der Waals surface area contributed by atoms with Crippen molar-refractivity contribution in [3.05, 3.63) is 30.5 Å². The number of rotatable bonds is 4. The Balaban J connectivity index is 2.02. The number of aliphatic hydroxyl groups excluding tert-OH is 1. The Morgan fingerprint density at radius 2 is 2.24 bits per heavy atom. The molecule has 1 aromatic carbocycles. The summed E-state index contributed by atoms with van der Waals surface area (Å²) in [7, 11) is 1.94. The zero-order valence-electron chi connectivity index (χ0n) is 12.5. The quantitative estimate of drug-likeness (QED) is 0.906. The van der Waals surface area contributed by atoms with E-state index >= 15 is 0 Å². The van der Waals surface area contributed by atoms with Gasteiger partial charge in [0.15, 0.2) is 0 Å². The van der Waals surface area contributed by atoms with Crippen LogP contribution < -0.4 is 10.2 Å². The van der Waals surface area contributed by atoms with Crippen LogP contribution >= 0.6 is 0 Å². The summed E-state index contributed by atoms with van der Waals surface area (Å²) < 4.78 is 0. The molecule has 0 saturated carbocycles. The summed E-state index contributed by atoms with van der Waals surface area (Å²) in [6, 6.07) is 8.87. The van der Waals surface area contributed by atoms with Crippen molar-refractivity contribution in [1.82, 2.24) is 4.98 Å². The number of nitrogens with one attached hydrogen (secondary N) is 1. The number of aliphatic hydroxyl groups is 1. The van der Waals surface area contributed by atoms with Crippen LogP contribution in [0.3, 0.4) is 0 Å². The molecule has 1 aliphatic rings. The van der Waals surface area contributed by atoms with E-state index in [9.17, 15) is 5.11 Å². The lowest BCUT2D eigenvalue weighted by molar-refractivity contribution is 0.262. The fourth-order valence-corrected chi connectivity index (χ4v) is 3.27. The molecule has 0 amide bonds. The SMILES string of the molecule is CNc1ccc2c(N3CCCCC3CCO)nccc2c1. The van der Waals surface area contributed by atoms with E-state index in [1.807, 2.05) is 13.2 Å². The maximum absolute atomic E-state index is 9.31. The van der Waals surface area contributed by atoms with Crippen LogP contribution in [0, 0.1) is 0 Å². The topological polar surface area (TPSA) is 48.4 Å². The third kappa shape index (κ3) is 2.81. The first-order valence-corrected chi connectivity index (χ1v) is 7.77. The summed E-state index contributed by atoms with van der Waals surface area (Å²) >= 11 is 0. The van der Waals surface area contributed by atoms with Crippen molar-refractivity contribution in [2.75, 3.05) is 30.4 Å². The van der Waals surface area contributed by atoms with Crippen molar-refractivity contribution in [3.63, 3.8) is 0 Å². The number of aromatic nitrogens is 1. The number of hydrogen-bond donors (Lipinski definition) is 2. The van der Waals surface area contributed by atoms with Gasteiger partial charge in [-0.25, -0.2) is 4.98 Å². The molecule has 0 radical (unpaired) electrons. The van der Waals surface area contributed by atoms with Gasteiger partial charge >= 0.3 is 0 Å². The van der Waals surface area contributed by atoms with Crippen molar-refractivity contribution < 1.29 is 5.11 Å². The molecule has 0 spiro atoms.